The summed E-state index contributed by atoms with van der Waals surface area (Å²) in [7, 11) is -11.2. The molecule has 2 N–H and O–H groups in total. The summed E-state index contributed by atoms with van der Waals surface area (Å²) in [4.78, 5) is 0. The van der Waals surface area contributed by atoms with E-state index >= 15 is 0 Å². The molecule has 0 aromatic rings. The Morgan fingerprint density at radius 1 is 0.400 bits per heavy atom. The van der Waals surface area contributed by atoms with Crippen molar-refractivity contribution in [2.75, 3.05) is 0 Å². The molecular weight excluding hydrogens is 413 g/mol. The molecule has 0 atom stereocenters. The van der Waals surface area contributed by atoms with Gasteiger partial charge in [0.2, 0.25) is 17.0 Å². The van der Waals surface area contributed by atoms with E-state index in [9.17, 15) is 0 Å². The molecule has 152 valence electrons. The maximum absolute atomic E-state index is 6.59. The van der Waals surface area contributed by atoms with E-state index in [1.807, 2.05) is 0 Å². The molecular formula is C14H44N2O3Si6. The first-order valence-electron chi connectivity index (χ1n) is 9.22. The lowest BCUT2D eigenvalue weighted by atomic mass is 11.8. The van der Waals surface area contributed by atoms with Crippen molar-refractivity contribution in [1.82, 2.24) is 9.30 Å². The Hall–Kier alpha value is 1.10. The fraction of sp³-hybridized carbons (Fsp3) is 1.00. The average Bonchev–Trinajstić information content (AvgIpc) is 1.97. The fourth-order valence-electron chi connectivity index (χ4n) is 3.72. The third-order valence-corrected chi connectivity index (χ3v) is 25.6. The van der Waals surface area contributed by atoms with Gasteiger partial charge in [-0.15, -0.1) is 0 Å². The predicted molar refractivity (Wildman–Crippen MR) is 126 cm³/mol. The van der Waals surface area contributed by atoms with Gasteiger partial charge < -0.3 is 21.6 Å². The van der Waals surface area contributed by atoms with E-state index < -0.39 is 50.6 Å². The van der Waals surface area contributed by atoms with Gasteiger partial charge >= 0.3 is 17.1 Å². The molecule has 0 radical (unpaired) electrons. The zero-order valence-corrected chi connectivity index (χ0v) is 25.2. The highest BCUT2D eigenvalue weighted by atomic mass is 28.5. The zero-order valence-electron chi connectivity index (χ0n) is 19.2. The van der Waals surface area contributed by atoms with E-state index in [0.717, 1.165) is 0 Å². The van der Waals surface area contributed by atoms with E-state index in [0.29, 0.717) is 0 Å². The van der Waals surface area contributed by atoms with Crippen molar-refractivity contribution in [2.45, 2.75) is 91.7 Å². The van der Waals surface area contributed by atoms with Crippen LogP contribution in [-0.2, 0) is 12.3 Å². The van der Waals surface area contributed by atoms with E-state index in [4.69, 9.17) is 12.3 Å². The van der Waals surface area contributed by atoms with E-state index in [1.165, 1.54) is 0 Å². The van der Waals surface area contributed by atoms with Crippen LogP contribution < -0.4 is 9.30 Å². The molecule has 0 saturated carbocycles. The van der Waals surface area contributed by atoms with Gasteiger partial charge in [-0.05, 0) is 52.4 Å². The van der Waals surface area contributed by atoms with Gasteiger partial charge in [-0.3, -0.25) is 0 Å². The highest BCUT2D eigenvalue weighted by molar-refractivity contribution is 6.94. The Kier molecular flexibility index (Phi) is 8.59. The van der Waals surface area contributed by atoms with Crippen molar-refractivity contribution in [1.29, 1.82) is 0 Å². The SMILES string of the molecule is C[Si](C)(C)N[Si](C)(C)O[Si](C)(C)O[Si](C)(C)O[Si](C)(C)N[Si](C)(C)C. The van der Waals surface area contributed by atoms with Crippen LogP contribution >= 0.6 is 0 Å². The van der Waals surface area contributed by atoms with Crippen LogP contribution in [0.4, 0.5) is 0 Å². The second-order valence-corrected chi connectivity index (χ2v) is 36.0. The molecule has 0 saturated heterocycles. The first-order chi connectivity index (χ1) is 10.5. The maximum atomic E-state index is 6.59. The third-order valence-electron chi connectivity index (χ3n) is 2.85. The van der Waals surface area contributed by atoms with Crippen molar-refractivity contribution >= 4 is 50.6 Å². The number of nitrogens with one attached hydrogen (secondary N) is 2. The van der Waals surface area contributed by atoms with Crippen molar-refractivity contribution in [2.24, 2.45) is 0 Å². The van der Waals surface area contributed by atoms with Crippen LogP contribution in [0.3, 0.4) is 0 Å². The van der Waals surface area contributed by atoms with Crippen LogP contribution in [0.15, 0.2) is 0 Å². The molecule has 0 aromatic carbocycles. The maximum Gasteiger partial charge on any atom is 0.313 e. The van der Waals surface area contributed by atoms with Gasteiger partial charge in [0.25, 0.3) is 0 Å². The number of rotatable bonds is 10. The Bertz CT molecular complexity index is 405. The third kappa shape index (κ3) is 13.8. The molecule has 0 rings (SSSR count). The van der Waals surface area contributed by atoms with Crippen LogP contribution in [-0.4, -0.2) is 50.6 Å². The summed E-state index contributed by atoms with van der Waals surface area (Å²) in [5, 5.41) is 0. The molecule has 0 bridgehead atoms. The Morgan fingerprint density at radius 2 is 0.640 bits per heavy atom. The van der Waals surface area contributed by atoms with Gasteiger partial charge in [0.1, 0.15) is 16.5 Å². The van der Waals surface area contributed by atoms with Crippen LogP contribution in [0.25, 0.3) is 0 Å². The Morgan fingerprint density at radius 3 is 0.840 bits per heavy atom. The van der Waals surface area contributed by atoms with Crippen molar-refractivity contribution < 1.29 is 12.3 Å². The van der Waals surface area contributed by atoms with Gasteiger partial charge in [-0.2, -0.15) is 0 Å². The average molecular weight is 457 g/mol. The summed E-state index contributed by atoms with van der Waals surface area (Å²) >= 11 is 0. The highest BCUT2D eigenvalue weighted by Crippen LogP contribution is 2.23. The minimum atomic E-state index is -2.27. The van der Waals surface area contributed by atoms with Gasteiger partial charge in [0.05, 0.1) is 0 Å². The molecule has 0 aliphatic heterocycles. The lowest BCUT2D eigenvalue weighted by Gasteiger charge is -2.43. The lowest BCUT2D eigenvalue weighted by molar-refractivity contribution is 0.326. The molecule has 5 nitrogen and oxygen atoms in total. The topological polar surface area (TPSA) is 51.8 Å². The summed E-state index contributed by atoms with van der Waals surface area (Å²) in [5.74, 6) is 0. The Labute approximate surface area is 163 Å². The molecule has 0 heterocycles. The van der Waals surface area contributed by atoms with E-state index in [1.54, 1.807) is 0 Å². The molecule has 11 heteroatoms. The Balaban J connectivity index is 5.01. The van der Waals surface area contributed by atoms with Gasteiger partial charge in [-0.1, -0.05) is 39.3 Å². The summed E-state index contributed by atoms with van der Waals surface area (Å²) < 4.78 is 27.4. The summed E-state index contributed by atoms with van der Waals surface area (Å²) in [6.45, 7) is 31.5. The standard InChI is InChI=1S/C14H44N2O3Si6/c1-20(2,3)15-22(7,8)17-24(11,12)19-25(13,14)18-23(9,10)16-21(4,5)6/h15-16H,1-14H3. The van der Waals surface area contributed by atoms with Gasteiger partial charge in [0, 0.05) is 0 Å². The molecule has 0 unspecified atom stereocenters. The second kappa shape index (κ2) is 8.23. The quantitative estimate of drug-likeness (QED) is 0.467. The van der Waals surface area contributed by atoms with E-state index in [2.05, 4.69) is 101 Å². The minimum absolute atomic E-state index is 1.38. The molecule has 0 spiro atoms. The largest absolute Gasteiger partial charge is 0.425 e. The van der Waals surface area contributed by atoms with E-state index in [-0.39, 0.29) is 0 Å². The molecule has 0 aliphatic carbocycles. The van der Waals surface area contributed by atoms with Crippen LogP contribution in [0.2, 0.25) is 91.7 Å². The predicted octanol–water partition coefficient (Wildman–Crippen LogP) is 4.69. The molecule has 0 aliphatic rings. The monoisotopic (exact) mass is 456 g/mol. The molecule has 25 heavy (non-hydrogen) atoms. The second-order valence-electron chi connectivity index (χ2n) is 10.9. The van der Waals surface area contributed by atoms with Gasteiger partial charge in [-0.25, -0.2) is 0 Å². The molecule has 0 amide bonds. The van der Waals surface area contributed by atoms with Crippen LogP contribution in [0.1, 0.15) is 0 Å². The highest BCUT2D eigenvalue weighted by Gasteiger charge is 2.45. The zero-order chi connectivity index (χ0) is 20.5. The minimum Gasteiger partial charge on any atom is -0.425 e. The van der Waals surface area contributed by atoms with Crippen molar-refractivity contribution in [3.05, 3.63) is 0 Å². The smallest absolute Gasteiger partial charge is 0.313 e. The molecule has 0 aromatic heterocycles. The lowest BCUT2D eigenvalue weighted by Crippen LogP contribution is -2.66. The van der Waals surface area contributed by atoms with Gasteiger partial charge in [0.15, 0.2) is 0 Å². The van der Waals surface area contributed by atoms with Crippen LogP contribution in [0.5, 0.6) is 0 Å². The summed E-state index contributed by atoms with van der Waals surface area (Å²) in [5.41, 5.74) is 0. The molecule has 0 fully saturated rings. The van der Waals surface area contributed by atoms with Crippen molar-refractivity contribution in [3.63, 3.8) is 0 Å². The number of hydrogen-bond donors (Lipinski definition) is 2. The summed E-state index contributed by atoms with van der Waals surface area (Å²) in [6.07, 6.45) is 0. The van der Waals surface area contributed by atoms with Crippen LogP contribution in [0, 0.1) is 0 Å². The summed E-state index contributed by atoms with van der Waals surface area (Å²) in [6, 6.07) is 0. The normalized spacial score (nSPS) is 15.6. The van der Waals surface area contributed by atoms with Crippen molar-refractivity contribution in [3.8, 4) is 0 Å². The first-order valence-corrected chi connectivity index (χ1v) is 27.7. The number of hydrogen-bond acceptors (Lipinski definition) is 5. The first kappa shape index (κ1) is 26.1. The fourth-order valence-corrected chi connectivity index (χ4v) is 35.1.